The number of fused-ring (bicyclic) bond motifs is 1. The maximum absolute atomic E-state index is 5.56. The Balaban J connectivity index is 1.57. The number of ether oxygens (including phenoxy) is 3. The van der Waals surface area contributed by atoms with Crippen LogP contribution in [0.25, 0.3) is 0 Å². The Hall–Kier alpha value is -0.910. The van der Waals surface area contributed by atoms with Gasteiger partial charge in [-0.15, -0.1) is 0 Å². The zero-order chi connectivity index (χ0) is 13.3. The molecule has 2 rings (SSSR count). The molecule has 0 saturated carbocycles. The highest BCUT2D eigenvalue weighted by molar-refractivity contribution is 5.16. The summed E-state index contributed by atoms with van der Waals surface area (Å²) in [7, 11) is 1.67. The van der Waals surface area contributed by atoms with Crippen LogP contribution < -0.4 is 0 Å². The fourth-order valence-electron chi connectivity index (χ4n) is 2.35. The largest absolute Gasteiger partial charge is 0.382 e. The van der Waals surface area contributed by atoms with Crippen LogP contribution in [0.15, 0.2) is 6.33 Å². The molecule has 0 atom stereocenters. The average molecular weight is 268 g/mol. The molecule has 19 heavy (non-hydrogen) atoms. The Labute approximate surface area is 114 Å². The average Bonchev–Trinajstić information content (AvgIpc) is 2.85. The van der Waals surface area contributed by atoms with E-state index < -0.39 is 0 Å². The second-order valence-corrected chi connectivity index (χ2v) is 4.76. The van der Waals surface area contributed by atoms with E-state index in [-0.39, 0.29) is 0 Å². The highest BCUT2D eigenvalue weighted by Crippen LogP contribution is 2.19. The van der Waals surface area contributed by atoms with Gasteiger partial charge in [0.05, 0.1) is 45.1 Å². The van der Waals surface area contributed by atoms with E-state index in [9.17, 15) is 0 Å². The summed E-state index contributed by atoms with van der Waals surface area (Å²) in [5.74, 6) is 0. The Morgan fingerprint density at radius 2 is 1.79 bits per heavy atom. The van der Waals surface area contributed by atoms with Crippen molar-refractivity contribution >= 4 is 0 Å². The minimum Gasteiger partial charge on any atom is -0.382 e. The smallest absolute Gasteiger partial charge is 0.0952 e. The first-order valence-electron chi connectivity index (χ1n) is 7.09. The van der Waals surface area contributed by atoms with Gasteiger partial charge in [-0.1, -0.05) is 0 Å². The van der Waals surface area contributed by atoms with Crippen molar-refractivity contribution in [1.82, 2.24) is 9.55 Å². The van der Waals surface area contributed by atoms with Crippen molar-refractivity contribution in [3.63, 3.8) is 0 Å². The summed E-state index contributed by atoms with van der Waals surface area (Å²) >= 11 is 0. The second-order valence-electron chi connectivity index (χ2n) is 4.76. The van der Waals surface area contributed by atoms with E-state index in [0.717, 1.165) is 26.0 Å². The topological polar surface area (TPSA) is 45.5 Å². The van der Waals surface area contributed by atoms with E-state index >= 15 is 0 Å². The van der Waals surface area contributed by atoms with Crippen LogP contribution in [0.4, 0.5) is 0 Å². The molecular formula is C14H24N2O3. The molecule has 5 heteroatoms. The van der Waals surface area contributed by atoms with Crippen molar-refractivity contribution in [2.24, 2.45) is 0 Å². The molecule has 0 fully saturated rings. The molecule has 0 saturated heterocycles. The van der Waals surface area contributed by atoms with E-state index in [2.05, 4.69) is 9.55 Å². The van der Waals surface area contributed by atoms with Crippen LogP contribution in [0.3, 0.4) is 0 Å². The number of hydrogen-bond donors (Lipinski definition) is 0. The van der Waals surface area contributed by atoms with Gasteiger partial charge in [0.25, 0.3) is 0 Å². The van der Waals surface area contributed by atoms with Crippen molar-refractivity contribution in [2.45, 2.75) is 32.2 Å². The molecule has 1 aliphatic rings. The number of hydrogen-bond acceptors (Lipinski definition) is 4. The molecule has 0 amide bonds. The van der Waals surface area contributed by atoms with Crippen molar-refractivity contribution in [1.29, 1.82) is 0 Å². The lowest BCUT2D eigenvalue weighted by atomic mass is 10.0. The van der Waals surface area contributed by atoms with Crippen LogP contribution in [0.5, 0.6) is 0 Å². The Kier molecular flexibility index (Phi) is 6.33. The van der Waals surface area contributed by atoms with Crippen molar-refractivity contribution < 1.29 is 14.2 Å². The number of nitrogens with zero attached hydrogens (tertiary/aromatic N) is 2. The van der Waals surface area contributed by atoms with Gasteiger partial charge in [-0.25, -0.2) is 4.98 Å². The lowest BCUT2D eigenvalue weighted by molar-refractivity contribution is 0.0229. The minimum atomic E-state index is 0.630. The molecule has 0 radical (unpaired) electrons. The summed E-state index contributed by atoms with van der Waals surface area (Å²) in [6.07, 6.45) is 6.81. The second kappa shape index (κ2) is 8.30. The standard InChI is InChI=1S/C14H24N2O3/c1-17-8-9-19-11-10-18-7-6-16-12-15-13-4-2-3-5-14(13)16/h12H,2-11H2,1H3. The number of aryl methyl sites for hydroxylation is 1. The molecular weight excluding hydrogens is 244 g/mol. The summed E-state index contributed by atoms with van der Waals surface area (Å²) in [4.78, 5) is 4.47. The Morgan fingerprint density at radius 3 is 2.63 bits per heavy atom. The third-order valence-electron chi connectivity index (χ3n) is 3.39. The zero-order valence-electron chi connectivity index (χ0n) is 11.8. The molecule has 1 heterocycles. The summed E-state index contributed by atoms with van der Waals surface area (Å²) < 4.78 is 18.0. The fraction of sp³-hybridized carbons (Fsp3) is 0.786. The molecule has 0 bridgehead atoms. The van der Waals surface area contributed by atoms with Crippen LogP contribution in [0.2, 0.25) is 0 Å². The molecule has 0 spiro atoms. The normalized spacial score (nSPS) is 14.6. The van der Waals surface area contributed by atoms with E-state index in [1.807, 2.05) is 6.33 Å². The van der Waals surface area contributed by atoms with Crippen LogP contribution in [-0.4, -0.2) is 49.7 Å². The van der Waals surface area contributed by atoms with Gasteiger partial charge in [0.15, 0.2) is 0 Å². The Morgan fingerprint density at radius 1 is 1.05 bits per heavy atom. The first kappa shape index (κ1) is 14.5. The van der Waals surface area contributed by atoms with Crippen LogP contribution in [-0.2, 0) is 33.6 Å². The predicted molar refractivity (Wildman–Crippen MR) is 72.4 cm³/mol. The summed E-state index contributed by atoms with van der Waals surface area (Å²) in [5.41, 5.74) is 2.69. The summed E-state index contributed by atoms with van der Waals surface area (Å²) in [5, 5.41) is 0. The maximum Gasteiger partial charge on any atom is 0.0952 e. The highest BCUT2D eigenvalue weighted by Gasteiger charge is 2.14. The fourth-order valence-corrected chi connectivity index (χ4v) is 2.35. The highest BCUT2D eigenvalue weighted by atomic mass is 16.5. The molecule has 0 unspecified atom stereocenters. The number of aromatic nitrogens is 2. The van der Waals surface area contributed by atoms with Gasteiger partial charge >= 0.3 is 0 Å². The molecule has 0 aromatic carbocycles. The van der Waals surface area contributed by atoms with Gasteiger partial charge < -0.3 is 18.8 Å². The van der Waals surface area contributed by atoms with Gasteiger partial charge in [0.1, 0.15) is 0 Å². The monoisotopic (exact) mass is 268 g/mol. The van der Waals surface area contributed by atoms with E-state index in [1.165, 1.54) is 24.2 Å². The van der Waals surface area contributed by atoms with Crippen molar-refractivity contribution in [2.75, 3.05) is 40.1 Å². The molecule has 1 aliphatic carbocycles. The predicted octanol–water partition coefficient (Wildman–Crippen LogP) is 1.44. The van der Waals surface area contributed by atoms with Gasteiger partial charge in [0.2, 0.25) is 0 Å². The van der Waals surface area contributed by atoms with Crippen LogP contribution in [0.1, 0.15) is 24.2 Å². The summed E-state index contributed by atoms with van der Waals surface area (Å²) in [6, 6.07) is 0. The molecule has 0 aliphatic heterocycles. The zero-order valence-corrected chi connectivity index (χ0v) is 11.8. The first-order chi connectivity index (χ1) is 9.42. The minimum absolute atomic E-state index is 0.630. The number of methoxy groups -OCH3 is 1. The molecule has 0 N–H and O–H groups in total. The third kappa shape index (κ3) is 4.60. The van der Waals surface area contributed by atoms with Gasteiger partial charge in [-0.3, -0.25) is 0 Å². The van der Waals surface area contributed by atoms with E-state index in [0.29, 0.717) is 26.4 Å². The quantitative estimate of drug-likeness (QED) is 0.636. The SMILES string of the molecule is COCCOCCOCCn1cnc2c1CCCC2. The lowest BCUT2D eigenvalue weighted by Gasteiger charge is -2.14. The first-order valence-corrected chi connectivity index (χ1v) is 7.09. The molecule has 1 aromatic heterocycles. The third-order valence-corrected chi connectivity index (χ3v) is 3.39. The van der Waals surface area contributed by atoms with Gasteiger partial charge in [-0.2, -0.15) is 0 Å². The molecule has 5 nitrogen and oxygen atoms in total. The van der Waals surface area contributed by atoms with Gasteiger partial charge in [0, 0.05) is 19.3 Å². The van der Waals surface area contributed by atoms with Crippen LogP contribution >= 0.6 is 0 Å². The van der Waals surface area contributed by atoms with E-state index in [4.69, 9.17) is 14.2 Å². The van der Waals surface area contributed by atoms with Crippen molar-refractivity contribution in [3.05, 3.63) is 17.7 Å². The van der Waals surface area contributed by atoms with E-state index in [1.54, 1.807) is 7.11 Å². The van der Waals surface area contributed by atoms with Gasteiger partial charge in [-0.05, 0) is 25.7 Å². The lowest BCUT2D eigenvalue weighted by Crippen LogP contribution is -2.14. The molecule has 1 aromatic rings. The number of rotatable bonds is 9. The number of imidazole rings is 1. The molecule has 108 valence electrons. The van der Waals surface area contributed by atoms with Crippen molar-refractivity contribution in [3.8, 4) is 0 Å². The summed E-state index contributed by atoms with van der Waals surface area (Å²) in [6.45, 7) is 4.15. The van der Waals surface area contributed by atoms with Crippen LogP contribution in [0, 0.1) is 0 Å². The Bertz CT molecular complexity index is 366. The maximum atomic E-state index is 5.56.